The number of alkyl halides is 2. The van der Waals surface area contributed by atoms with Crippen LogP contribution in [0.25, 0.3) is 0 Å². The Morgan fingerprint density at radius 3 is 2.50 bits per heavy atom. The lowest BCUT2D eigenvalue weighted by atomic mass is 9.47. The van der Waals surface area contributed by atoms with Crippen LogP contribution in [0.2, 0.25) is 5.02 Å². The number of carbonyl (C=O) groups excluding carboxylic acids is 1. The van der Waals surface area contributed by atoms with Gasteiger partial charge in [0.25, 0.3) is 5.91 Å². The summed E-state index contributed by atoms with van der Waals surface area (Å²) in [6.45, 7) is 0.321. The van der Waals surface area contributed by atoms with Gasteiger partial charge >= 0.3 is 0 Å². The first-order valence-electron chi connectivity index (χ1n) is 8.31. The van der Waals surface area contributed by atoms with Crippen LogP contribution < -0.4 is 5.32 Å². The molecule has 130 valence electrons. The molecule has 1 aromatic carbocycles. The van der Waals surface area contributed by atoms with E-state index in [9.17, 15) is 13.6 Å². The van der Waals surface area contributed by atoms with E-state index in [-0.39, 0.29) is 18.2 Å². The Bertz CT molecular complexity index is 694. The minimum Gasteiger partial charge on any atom is -0.351 e. The predicted octanol–water partition coefficient (Wildman–Crippen LogP) is 5.08. The van der Waals surface area contributed by atoms with Gasteiger partial charge in [-0.2, -0.15) is 0 Å². The standard InChI is InChI=1S/C18H19ClF2INO/c19-14-2-1-12(22)3-13(14)15(24)23-10-16-4-11-5-17(20,7-16)9-18(21,6-11)8-16/h1-3,11H,4-10H2,(H,23,24). The first-order chi connectivity index (χ1) is 11.2. The van der Waals surface area contributed by atoms with Crippen LogP contribution in [0.4, 0.5) is 8.78 Å². The van der Waals surface area contributed by atoms with Crippen LogP contribution in [0.5, 0.6) is 0 Å². The van der Waals surface area contributed by atoms with Gasteiger partial charge in [0, 0.05) is 16.5 Å². The van der Waals surface area contributed by atoms with Gasteiger partial charge in [-0.1, -0.05) is 11.6 Å². The molecule has 0 saturated heterocycles. The maximum atomic E-state index is 15.0. The predicted molar refractivity (Wildman–Crippen MR) is 97.8 cm³/mol. The average Bonchev–Trinajstić information content (AvgIpc) is 2.43. The van der Waals surface area contributed by atoms with Crippen LogP contribution in [0, 0.1) is 14.9 Å². The second-order valence-electron chi connectivity index (χ2n) is 8.12. The number of halogens is 4. The van der Waals surface area contributed by atoms with Gasteiger partial charge < -0.3 is 5.32 Å². The summed E-state index contributed by atoms with van der Waals surface area (Å²) < 4.78 is 30.8. The quantitative estimate of drug-likeness (QED) is 0.620. The van der Waals surface area contributed by atoms with E-state index in [0.717, 1.165) is 9.99 Å². The molecule has 4 fully saturated rings. The summed E-state index contributed by atoms with van der Waals surface area (Å²) in [6.07, 6.45) is 2.54. The lowest BCUT2D eigenvalue weighted by Gasteiger charge is -2.61. The Morgan fingerprint density at radius 2 is 1.88 bits per heavy atom. The van der Waals surface area contributed by atoms with Crippen molar-refractivity contribution in [1.29, 1.82) is 0 Å². The molecule has 5 rings (SSSR count). The zero-order valence-corrected chi connectivity index (χ0v) is 16.1. The highest BCUT2D eigenvalue weighted by atomic mass is 127. The molecular weight excluding hydrogens is 447 g/mol. The number of rotatable bonds is 3. The third-order valence-corrected chi connectivity index (χ3v) is 6.85. The Morgan fingerprint density at radius 1 is 1.21 bits per heavy atom. The molecule has 6 heteroatoms. The molecule has 1 aromatic rings. The molecule has 24 heavy (non-hydrogen) atoms. The van der Waals surface area contributed by atoms with Crippen molar-refractivity contribution in [3.05, 3.63) is 32.4 Å². The Balaban J connectivity index is 1.51. The minimum atomic E-state index is -1.39. The molecule has 0 spiro atoms. The van der Waals surface area contributed by atoms with Gasteiger partial charge in [-0.15, -0.1) is 0 Å². The summed E-state index contributed by atoms with van der Waals surface area (Å²) in [5.41, 5.74) is -2.82. The van der Waals surface area contributed by atoms with Crippen LogP contribution >= 0.6 is 34.2 Å². The highest BCUT2D eigenvalue weighted by molar-refractivity contribution is 14.1. The molecule has 0 heterocycles. The molecular formula is C18H19ClF2INO. The lowest BCUT2D eigenvalue weighted by molar-refractivity contribution is -0.172. The third kappa shape index (κ3) is 2.96. The smallest absolute Gasteiger partial charge is 0.252 e. The van der Waals surface area contributed by atoms with E-state index in [4.69, 9.17) is 11.6 Å². The summed E-state index contributed by atoms with van der Waals surface area (Å²) >= 11 is 8.23. The van der Waals surface area contributed by atoms with Gasteiger partial charge in [0.05, 0.1) is 10.6 Å². The van der Waals surface area contributed by atoms with Gasteiger partial charge in [-0.3, -0.25) is 4.79 Å². The maximum absolute atomic E-state index is 15.0. The highest BCUT2D eigenvalue weighted by Crippen LogP contribution is 2.65. The van der Waals surface area contributed by atoms with Crippen molar-refractivity contribution in [3.63, 3.8) is 0 Å². The molecule has 4 aliphatic rings. The zero-order chi connectivity index (χ0) is 17.2. The van der Waals surface area contributed by atoms with Crippen molar-refractivity contribution in [2.75, 3.05) is 6.54 Å². The number of carbonyl (C=O) groups is 1. The third-order valence-electron chi connectivity index (χ3n) is 5.84. The number of amides is 1. The van der Waals surface area contributed by atoms with E-state index in [1.807, 2.05) is 6.07 Å². The molecule has 0 aromatic heterocycles. The van der Waals surface area contributed by atoms with E-state index >= 15 is 0 Å². The average molecular weight is 466 g/mol. The van der Waals surface area contributed by atoms with Crippen LogP contribution in [0.3, 0.4) is 0 Å². The summed E-state index contributed by atoms with van der Waals surface area (Å²) in [6, 6.07) is 5.25. The van der Waals surface area contributed by atoms with E-state index < -0.39 is 16.8 Å². The Hall–Kier alpha value is -0.430. The van der Waals surface area contributed by atoms with Crippen LogP contribution in [-0.2, 0) is 0 Å². The molecule has 0 aliphatic heterocycles. The van der Waals surface area contributed by atoms with Gasteiger partial charge in [-0.25, -0.2) is 8.78 Å². The van der Waals surface area contributed by atoms with Crippen LogP contribution in [0.1, 0.15) is 48.9 Å². The van der Waals surface area contributed by atoms with Crippen molar-refractivity contribution in [2.45, 2.75) is 49.9 Å². The number of nitrogens with one attached hydrogen (secondary N) is 1. The van der Waals surface area contributed by atoms with Gasteiger partial charge in [-0.05, 0) is 84.2 Å². The minimum absolute atomic E-state index is 0.0366. The maximum Gasteiger partial charge on any atom is 0.252 e. The fraction of sp³-hybridized carbons (Fsp3) is 0.611. The fourth-order valence-corrected chi connectivity index (χ4v) is 6.32. The molecule has 1 amide bonds. The molecule has 4 saturated carbocycles. The van der Waals surface area contributed by atoms with Crippen LogP contribution in [-0.4, -0.2) is 23.8 Å². The van der Waals surface area contributed by atoms with Crippen molar-refractivity contribution in [3.8, 4) is 0 Å². The molecule has 2 atom stereocenters. The van der Waals surface area contributed by atoms with Gasteiger partial charge in [0.1, 0.15) is 11.3 Å². The largest absolute Gasteiger partial charge is 0.351 e. The normalized spacial score (nSPS) is 39.9. The number of hydrogen-bond acceptors (Lipinski definition) is 1. The second-order valence-corrected chi connectivity index (χ2v) is 9.77. The summed E-state index contributed by atoms with van der Waals surface area (Å²) in [5, 5.41) is 3.29. The van der Waals surface area contributed by atoms with E-state index in [2.05, 4.69) is 27.9 Å². The molecule has 2 unspecified atom stereocenters. The van der Waals surface area contributed by atoms with Crippen molar-refractivity contribution >= 4 is 40.1 Å². The SMILES string of the molecule is O=C(NCC12CC3CC(F)(CC(F)(C3)C1)C2)c1cc(I)ccc1Cl. The fourth-order valence-electron chi connectivity index (χ4n) is 5.63. The molecule has 1 N–H and O–H groups in total. The Kier molecular flexibility index (Phi) is 3.92. The summed E-state index contributed by atoms with van der Waals surface area (Å²) in [7, 11) is 0. The molecule has 4 bridgehead atoms. The summed E-state index contributed by atoms with van der Waals surface area (Å²) in [4.78, 5) is 12.5. The van der Waals surface area contributed by atoms with Crippen molar-refractivity contribution in [1.82, 2.24) is 5.32 Å². The number of hydrogen-bond donors (Lipinski definition) is 1. The van der Waals surface area contributed by atoms with E-state index in [1.165, 1.54) is 0 Å². The lowest BCUT2D eigenvalue weighted by Crippen LogP contribution is -2.62. The molecule has 2 nitrogen and oxygen atoms in total. The molecule has 0 radical (unpaired) electrons. The number of benzene rings is 1. The highest BCUT2D eigenvalue weighted by Gasteiger charge is 2.64. The first kappa shape index (κ1) is 17.0. The summed E-state index contributed by atoms with van der Waals surface area (Å²) in [5.74, 6) is -0.163. The van der Waals surface area contributed by atoms with Gasteiger partial charge in [0.2, 0.25) is 0 Å². The monoisotopic (exact) mass is 465 g/mol. The van der Waals surface area contributed by atoms with Crippen molar-refractivity contribution in [2.24, 2.45) is 11.3 Å². The molecule has 4 aliphatic carbocycles. The van der Waals surface area contributed by atoms with E-state index in [1.54, 1.807) is 12.1 Å². The van der Waals surface area contributed by atoms with Gasteiger partial charge in [0.15, 0.2) is 0 Å². The second kappa shape index (κ2) is 5.53. The Labute approximate surface area is 158 Å². The van der Waals surface area contributed by atoms with Crippen molar-refractivity contribution < 1.29 is 13.6 Å². The van der Waals surface area contributed by atoms with Crippen LogP contribution in [0.15, 0.2) is 18.2 Å². The topological polar surface area (TPSA) is 29.1 Å². The van der Waals surface area contributed by atoms with E-state index in [0.29, 0.717) is 42.8 Å². The first-order valence-corrected chi connectivity index (χ1v) is 9.77. The zero-order valence-electron chi connectivity index (χ0n) is 13.2.